The molecule has 0 spiro atoms. The molecule has 1 aromatic rings. The number of primary amides is 1. The van der Waals surface area contributed by atoms with E-state index in [4.69, 9.17) is 10.5 Å². The van der Waals surface area contributed by atoms with Crippen molar-refractivity contribution in [1.82, 2.24) is 10.3 Å². The number of fused-ring (bicyclic) bond motifs is 1. The van der Waals surface area contributed by atoms with Gasteiger partial charge in [0.2, 0.25) is 5.88 Å². The van der Waals surface area contributed by atoms with Crippen molar-refractivity contribution in [3.05, 3.63) is 22.9 Å². The second-order valence-electron chi connectivity index (χ2n) is 4.72. The van der Waals surface area contributed by atoms with Gasteiger partial charge < -0.3 is 15.8 Å². The van der Waals surface area contributed by atoms with Crippen LogP contribution in [0, 0.1) is 0 Å². The molecule has 1 aliphatic rings. The summed E-state index contributed by atoms with van der Waals surface area (Å²) < 4.78 is 5.59. The van der Waals surface area contributed by atoms with Gasteiger partial charge in [0.05, 0.1) is 0 Å². The monoisotopic (exact) mass is 263 g/mol. The number of hydrogen-bond donors (Lipinski definition) is 2. The molecule has 19 heavy (non-hydrogen) atoms. The minimum Gasteiger partial charge on any atom is -0.476 e. The van der Waals surface area contributed by atoms with E-state index in [0.29, 0.717) is 18.1 Å². The van der Waals surface area contributed by atoms with E-state index in [0.717, 1.165) is 50.0 Å². The van der Waals surface area contributed by atoms with Crippen molar-refractivity contribution in [1.29, 1.82) is 0 Å². The molecule has 5 nitrogen and oxygen atoms in total. The molecule has 0 aliphatic heterocycles. The maximum atomic E-state index is 11.5. The van der Waals surface area contributed by atoms with E-state index < -0.39 is 5.91 Å². The minimum absolute atomic E-state index is 0.381. The fourth-order valence-corrected chi connectivity index (χ4v) is 2.30. The highest BCUT2D eigenvalue weighted by Gasteiger charge is 2.18. The molecular formula is C14H21N3O2. The number of nitrogens with one attached hydrogen (secondary N) is 1. The Morgan fingerprint density at radius 1 is 1.47 bits per heavy atom. The summed E-state index contributed by atoms with van der Waals surface area (Å²) in [6.07, 6.45) is 4.22. The average molecular weight is 263 g/mol. The topological polar surface area (TPSA) is 77.2 Å². The molecule has 0 atom stereocenters. The molecule has 0 unspecified atom stereocenters. The summed E-state index contributed by atoms with van der Waals surface area (Å²) in [5, 5.41) is 3.16. The third-order valence-electron chi connectivity index (χ3n) is 3.30. The number of nitrogens with zero attached hydrogens (tertiary/aromatic N) is 1. The van der Waals surface area contributed by atoms with Crippen LogP contribution in [0.3, 0.4) is 0 Å². The van der Waals surface area contributed by atoms with Crippen molar-refractivity contribution < 1.29 is 9.53 Å². The zero-order chi connectivity index (χ0) is 13.7. The Balaban J connectivity index is 2.17. The van der Waals surface area contributed by atoms with Gasteiger partial charge in [0.1, 0.15) is 12.2 Å². The maximum absolute atomic E-state index is 11.5. The van der Waals surface area contributed by atoms with Crippen LogP contribution < -0.4 is 15.8 Å². The molecule has 0 saturated carbocycles. The molecular weight excluding hydrogens is 242 g/mol. The van der Waals surface area contributed by atoms with Crippen molar-refractivity contribution in [2.75, 3.05) is 19.7 Å². The Kier molecular flexibility index (Phi) is 4.74. The first kappa shape index (κ1) is 13.8. The predicted molar refractivity (Wildman–Crippen MR) is 73.4 cm³/mol. The first-order valence-electron chi connectivity index (χ1n) is 6.88. The molecule has 0 radical (unpaired) electrons. The van der Waals surface area contributed by atoms with Gasteiger partial charge in [-0.25, -0.2) is 4.98 Å². The van der Waals surface area contributed by atoms with E-state index >= 15 is 0 Å². The lowest BCUT2D eigenvalue weighted by molar-refractivity contribution is 0.0995. The van der Waals surface area contributed by atoms with E-state index in [2.05, 4.69) is 10.3 Å². The standard InChI is InChI=1S/C14H21N3O2/c1-2-16-7-8-19-14-11(13(15)18)9-10-5-3-4-6-12(10)17-14/h9,16H,2-8H2,1H3,(H2,15,18). The molecule has 0 fully saturated rings. The third-order valence-corrected chi connectivity index (χ3v) is 3.30. The van der Waals surface area contributed by atoms with E-state index in [1.807, 2.05) is 13.0 Å². The Morgan fingerprint density at radius 3 is 3.00 bits per heavy atom. The van der Waals surface area contributed by atoms with Crippen LogP contribution in [0.5, 0.6) is 5.88 Å². The number of ether oxygens (including phenoxy) is 1. The summed E-state index contributed by atoms with van der Waals surface area (Å²) in [6.45, 7) is 4.14. The second kappa shape index (κ2) is 6.52. The summed E-state index contributed by atoms with van der Waals surface area (Å²) in [4.78, 5) is 16.0. The van der Waals surface area contributed by atoms with E-state index in [-0.39, 0.29) is 0 Å². The largest absolute Gasteiger partial charge is 0.476 e. The molecule has 5 heteroatoms. The number of aryl methyl sites for hydroxylation is 2. The molecule has 0 aromatic carbocycles. The highest BCUT2D eigenvalue weighted by Crippen LogP contribution is 2.25. The molecule has 1 aromatic heterocycles. The number of carbonyl (C=O) groups is 1. The highest BCUT2D eigenvalue weighted by molar-refractivity contribution is 5.95. The summed E-state index contributed by atoms with van der Waals surface area (Å²) in [5.41, 5.74) is 7.99. The Labute approximate surface area is 113 Å². The van der Waals surface area contributed by atoms with Crippen LogP contribution in [0.1, 0.15) is 41.4 Å². The van der Waals surface area contributed by atoms with Crippen LogP contribution in [-0.2, 0) is 12.8 Å². The number of nitrogens with two attached hydrogens (primary N) is 1. The quantitative estimate of drug-likeness (QED) is 0.752. The zero-order valence-corrected chi connectivity index (χ0v) is 11.4. The van der Waals surface area contributed by atoms with Crippen molar-refractivity contribution in [3.63, 3.8) is 0 Å². The van der Waals surface area contributed by atoms with E-state index in [9.17, 15) is 4.79 Å². The summed E-state index contributed by atoms with van der Waals surface area (Å²) in [5.74, 6) is -0.0922. The van der Waals surface area contributed by atoms with Crippen LogP contribution >= 0.6 is 0 Å². The van der Waals surface area contributed by atoms with Crippen molar-refractivity contribution >= 4 is 5.91 Å². The Hall–Kier alpha value is -1.62. The molecule has 0 bridgehead atoms. The fraction of sp³-hybridized carbons (Fsp3) is 0.571. The van der Waals surface area contributed by atoms with Crippen molar-refractivity contribution in [3.8, 4) is 5.88 Å². The van der Waals surface area contributed by atoms with Crippen LogP contribution in [0.15, 0.2) is 6.07 Å². The average Bonchev–Trinajstić information content (AvgIpc) is 2.42. The highest BCUT2D eigenvalue weighted by atomic mass is 16.5. The van der Waals surface area contributed by atoms with E-state index in [1.165, 1.54) is 0 Å². The molecule has 1 aliphatic carbocycles. The number of hydrogen-bond acceptors (Lipinski definition) is 4. The van der Waals surface area contributed by atoms with Crippen LogP contribution in [0.4, 0.5) is 0 Å². The van der Waals surface area contributed by atoms with Crippen LogP contribution in [0.2, 0.25) is 0 Å². The van der Waals surface area contributed by atoms with Crippen molar-refractivity contribution in [2.24, 2.45) is 5.73 Å². The van der Waals surface area contributed by atoms with Gasteiger partial charge in [-0.15, -0.1) is 0 Å². The number of rotatable bonds is 6. The number of pyridine rings is 1. The van der Waals surface area contributed by atoms with Gasteiger partial charge in [-0.2, -0.15) is 0 Å². The fourth-order valence-electron chi connectivity index (χ4n) is 2.30. The van der Waals surface area contributed by atoms with Gasteiger partial charge in [-0.1, -0.05) is 6.92 Å². The lowest BCUT2D eigenvalue weighted by Gasteiger charge is -2.18. The van der Waals surface area contributed by atoms with Gasteiger partial charge in [-0.05, 0) is 43.9 Å². The normalized spacial score (nSPS) is 13.9. The number of amides is 1. The SMILES string of the molecule is CCNCCOc1nc2c(cc1C(N)=O)CCCC2. The first-order valence-corrected chi connectivity index (χ1v) is 6.88. The summed E-state index contributed by atoms with van der Waals surface area (Å²) >= 11 is 0. The minimum atomic E-state index is -0.473. The van der Waals surface area contributed by atoms with Crippen LogP contribution in [0.25, 0.3) is 0 Å². The lowest BCUT2D eigenvalue weighted by Crippen LogP contribution is -2.23. The molecule has 3 N–H and O–H groups in total. The number of aromatic nitrogens is 1. The number of likely N-dealkylation sites (N-methyl/N-ethyl adjacent to an activating group) is 1. The molecule has 104 valence electrons. The van der Waals surface area contributed by atoms with Gasteiger partial charge in [0.15, 0.2) is 0 Å². The van der Waals surface area contributed by atoms with Crippen molar-refractivity contribution in [2.45, 2.75) is 32.6 Å². The first-order chi connectivity index (χ1) is 9.22. The Bertz CT molecular complexity index is 460. The molecule has 1 amide bonds. The van der Waals surface area contributed by atoms with Gasteiger partial charge in [-0.3, -0.25) is 4.79 Å². The summed E-state index contributed by atoms with van der Waals surface area (Å²) in [7, 11) is 0. The van der Waals surface area contributed by atoms with Gasteiger partial charge in [0, 0.05) is 12.2 Å². The lowest BCUT2D eigenvalue weighted by atomic mass is 9.95. The molecule has 0 saturated heterocycles. The maximum Gasteiger partial charge on any atom is 0.254 e. The zero-order valence-electron chi connectivity index (χ0n) is 11.4. The second-order valence-corrected chi connectivity index (χ2v) is 4.72. The predicted octanol–water partition coefficient (Wildman–Crippen LogP) is 1.05. The smallest absolute Gasteiger partial charge is 0.254 e. The van der Waals surface area contributed by atoms with Crippen LogP contribution in [-0.4, -0.2) is 30.6 Å². The molecule has 1 heterocycles. The Morgan fingerprint density at radius 2 is 2.26 bits per heavy atom. The summed E-state index contributed by atoms with van der Waals surface area (Å²) in [6, 6.07) is 1.85. The van der Waals surface area contributed by atoms with Gasteiger partial charge in [0.25, 0.3) is 5.91 Å². The molecule has 2 rings (SSSR count). The number of carbonyl (C=O) groups excluding carboxylic acids is 1. The third kappa shape index (κ3) is 3.44. The van der Waals surface area contributed by atoms with Gasteiger partial charge >= 0.3 is 0 Å². The van der Waals surface area contributed by atoms with E-state index in [1.54, 1.807) is 0 Å².